The highest BCUT2D eigenvalue weighted by Gasteiger charge is 2.14. The lowest BCUT2D eigenvalue weighted by Crippen LogP contribution is -2.24. The smallest absolute Gasteiger partial charge is 0.261 e. The minimum Gasteiger partial charge on any atom is -0.469 e. The highest BCUT2D eigenvalue weighted by molar-refractivity contribution is 7.92. The van der Waals surface area contributed by atoms with Crippen LogP contribution in [-0.2, 0) is 16.4 Å². The maximum atomic E-state index is 12.4. The Morgan fingerprint density at radius 2 is 1.71 bits per heavy atom. The number of sulfonamides is 1. The summed E-state index contributed by atoms with van der Waals surface area (Å²) in [6.45, 7) is 0.518. The van der Waals surface area contributed by atoms with Gasteiger partial charge in [-0.25, -0.2) is 8.42 Å². The van der Waals surface area contributed by atoms with Crippen molar-refractivity contribution < 1.29 is 17.6 Å². The van der Waals surface area contributed by atoms with Gasteiger partial charge in [-0.1, -0.05) is 11.6 Å². The molecule has 0 saturated heterocycles. The molecule has 1 amide bonds. The first-order valence-electron chi connectivity index (χ1n) is 8.63. The van der Waals surface area contributed by atoms with E-state index in [4.69, 9.17) is 16.0 Å². The first-order chi connectivity index (χ1) is 13.4. The second kappa shape index (κ2) is 8.95. The van der Waals surface area contributed by atoms with Crippen LogP contribution in [0.15, 0.2) is 76.2 Å². The molecule has 28 heavy (non-hydrogen) atoms. The molecule has 0 spiro atoms. The van der Waals surface area contributed by atoms with E-state index in [1.165, 1.54) is 24.3 Å². The SMILES string of the molecule is O=C(NCCCc1ccco1)c1ccc(NS(=O)(=O)c2ccc(Cl)cc2)cc1. The summed E-state index contributed by atoms with van der Waals surface area (Å²) in [6, 6.07) is 15.8. The van der Waals surface area contributed by atoms with Crippen LogP contribution in [0.4, 0.5) is 5.69 Å². The maximum Gasteiger partial charge on any atom is 0.261 e. The number of rotatable bonds is 8. The fraction of sp³-hybridized carbons (Fsp3) is 0.150. The zero-order chi connectivity index (χ0) is 20.0. The number of benzene rings is 2. The molecule has 0 bridgehead atoms. The molecule has 1 heterocycles. The number of amides is 1. The highest BCUT2D eigenvalue weighted by atomic mass is 35.5. The lowest BCUT2D eigenvalue weighted by Gasteiger charge is -2.09. The van der Waals surface area contributed by atoms with Gasteiger partial charge in [0.15, 0.2) is 0 Å². The number of hydrogen-bond donors (Lipinski definition) is 2. The standard InChI is InChI=1S/C20H19ClN2O4S/c21-16-7-11-19(12-8-16)28(25,26)23-17-9-5-15(6-10-17)20(24)22-13-1-3-18-4-2-14-27-18/h2,4-12,14,23H,1,3,13H2,(H,22,24). The predicted molar refractivity (Wildman–Crippen MR) is 108 cm³/mol. The minimum absolute atomic E-state index is 0.107. The van der Waals surface area contributed by atoms with E-state index in [1.807, 2.05) is 12.1 Å². The van der Waals surface area contributed by atoms with Crippen LogP contribution in [0.2, 0.25) is 5.02 Å². The third-order valence-corrected chi connectivity index (χ3v) is 5.64. The van der Waals surface area contributed by atoms with E-state index in [2.05, 4.69) is 10.0 Å². The van der Waals surface area contributed by atoms with Crippen molar-refractivity contribution in [3.05, 3.63) is 83.3 Å². The Kier molecular flexibility index (Phi) is 6.38. The van der Waals surface area contributed by atoms with Crippen LogP contribution in [0.5, 0.6) is 0 Å². The first kappa shape index (κ1) is 20.0. The average molecular weight is 419 g/mol. The molecule has 0 aliphatic heterocycles. The lowest BCUT2D eigenvalue weighted by atomic mass is 10.2. The van der Waals surface area contributed by atoms with Crippen LogP contribution in [-0.4, -0.2) is 20.9 Å². The molecule has 2 aromatic carbocycles. The quantitative estimate of drug-likeness (QED) is 0.539. The Labute approximate surface area is 168 Å². The van der Waals surface area contributed by atoms with Crippen LogP contribution in [0, 0.1) is 0 Å². The normalized spacial score (nSPS) is 11.2. The van der Waals surface area contributed by atoms with Crippen molar-refractivity contribution in [2.75, 3.05) is 11.3 Å². The van der Waals surface area contributed by atoms with Gasteiger partial charge in [0.1, 0.15) is 5.76 Å². The largest absolute Gasteiger partial charge is 0.469 e. The van der Waals surface area contributed by atoms with E-state index in [0.717, 1.165) is 18.6 Å². The highest BCUT2D eigenvalue weighted by Crippen LogP contribution is 2.18. The molecule has 0 radical (unpaired) electrons. The van der Waals surface area contributed by atoms with Gasteiger partial charge in [0.05, 0.1) is 11.2 Å². The van der Waals surface area contributed by atoms with Crippen LogP contribution in [0.25, 0.3) is 0 Å². The second-order valence-electron chi connectivity index (χ2n) is 6.08. The topological polar surface area (TPSA) is 88.4 Å². The number of nitrogens with one attached hydrogen (secondary N) is 2. The number of carbonyl (C=O) groups excluding carboxylic acids is 1. The molecule has 6 nitrogen and oxygen atoms in total. The van der Waals surface area contributed by atoms with Gasteiger partial charge in [-0.15, -0.1) is 0 Å². The number of aryl methyl sites for hydroxylation is 1. The Hall–Kier alpha value is -2.77. The Balaban J connectivity index is 1.53. The summed E-state index contributed by atoms with van der Waals surface area (Å²) >= 11 is 5.78. The summed E-state index contributed by atoms with van der Waals surface area (Å²) in [4.78, 5) is 12.3. The molecule has 8 heteroatoms. The number of furan rings is 1. The second-order valence-corrected chi connectivity index (χ2v) is 8.19. The van der Waals surface area contributed by atoms with Crippen molar-refractivity contribution in [2.45, 2.75) is 17.7 Å². The Morgan fingerprint density at radius 1 is 1.00 bits per heavy atom. The van der Waals surface area contributed by atoms with Crippen LogP contribution < -0.4 is 10.0 Å². The molecule has 0 atom stereocenters. The molecule has 0 saturated carbocycles. The summed E-state index contributed by atoms with van der Waals surface area (Å²) in [5.41, 5.74) is 0.816. The number of carbonyl (C=O) groups is 1. The van der Waals surface area contributed by atoms with Gasteiger partial charge in [0, 0.05) is 29.2 Å². The Bertz CT molecular complexity index is 1020. The van der Waals surface area contributed by atoms with Crippen LogP contribution >= 0.6 is 11.6 Å². The molecule has 3 rings (SSSR count). The fourth-order valence-electron chi connectivity index (χ4n) is 2.54. The molecule has 3 aromatic rings. The molecule has 0 fully saturated rings. The van der Waals surface area contributed by atoms with Gasteiger partial charge in [-0.2, -0.15) is 0 Å². The van der Waals surface area contributed by atoms with Crippen molar-refractivity contribution in [2.24, 2.45) is 0 Å². The number of hydrogen-bond acceptors (Lipinski definition) is 4. The molecule has 0 unspecified atom stereocenters. The molecule has 0 aliphatic rings. The Morgan fingerprint density at radius 3 is 2.36 bits per heavy atom. The number of halogens is 1. The molecule has 146 valence electrons. The zero-order valence-electron chi connectivity index (χ0n) is 14.9. The van der Waals surface area contributed by atoms with Crippen molar-refractivity contribution in [1.29, 1.82) is 0 Å². The monoisotopic (exact) mass is 418 g/mol. The number of anilines is 1. The van der Waals surface area contributed by atoms with Crippen LogP contribution in [0.1, 0.15) is 22.5 Å². The van der Waals surface area contributed by atoms with E-state index < -0.39 is 10.0 Å². The van der Waals surface area contributed by atoms with Crippen molar-refractivity contribution in [3.63, 3.8) is 0 Å². The molecule has 2 N–H and O–H groups in total. The van der Waals surface area contributed by atoms with Gasteiger partial charge in [0.25, 0.3) is 15.9 Å². The van der Waals surface area contributed by atoms with Gasteiger partial charge >= 0.3 is 0 Å². The minimum atomic E-state index is -3.72. The van der Waals surface area contributed by atoms with Gasteiger partial charge < -0.3 is 9.73 Å². The average Bonchev–Trinajstić information content (AvgIpc) is 3.19. The van der Waals surface area contributed by atoms with E-state index in [0.29, 0.717) is 22.8 Å². The van der Waals surface area contributed by atoms with E-state index >= 15 is 0 Å². The van der Waals surface area contributed by atoms with Crippen molar-refractivity contribution in [1.82, 2.24) is 5.32 Å². The van der Waals surface area contributed by atoms with Crippen molar-refractivity contribution in [3.8, 4) is 0 Å². The van der Waals surface area contributed by atoms with Gasteiger partial charge in [-0.05, 0) is 67.1 Å². The van der Waals surface area contributed by atoms with E-state index in [1.54, 1.807) is 30.5 Å². The molecular weight excluding hydrogens is 400 g/mol. The first-order valence-corrected chi connectivity index (χ1v) is 10.5. The summed E-state index contributed by atoms with van der Waals surface area (Å²) < 4.78 is 32.4. The summed E-state index contributed by atoms with van der Waals surface area (Å²) in [7, 11) is -3.72. The summed E-state index contributed by atoms with van der Waals surface area (Å²) in [5.74, 6) is 0.665. The van der Waals surface area contributed by atoms with Gasteiger partial charge in [-0.3, -0.25) is 9.52 Å². The third-order valence-electron chi connectivity index (χ3n) is 3.99. The summed E-state index contributed by atoms with van der Waals surface area (Å²) in [6.07, 6.45) is 3.13. The van der Waals surface area contributed by atoms with E-state index in [-0.39, 0.29) is 10.8 Å². The molecular formula is C20H19ClN2O4S. The summed E-state index contributed by atoms with van der Waals surface area (Å²) in [5, 5.41) is 3.29. The predicted octanol–water partition coefficient (Wildman–Crippen LogP) is 4.10. The van der Waals surface area contributed by atoms with E-state index in [9.17, 15) is 13.2 Å². The maximum absolute atomic E-state index is 12.4. The zero-order valence-corrected chi connectivity index (χ0v) is 16.5. The third kappa shape index (κ3) is 5.37. The molecule has 1 aromatic heterocycles. The molecule has 0 aliphatic carbocycles. The van der Waals surface area contributed by atoms with Crippen molar-refractivity contribution >= 4 is 33.2 Å². The van der Waals surface area contributed by atoms with Crippen LogP contribution in [0.3, 0.4) is 0 Å². The fourth-order valence-corrected chi connectivity index (χ4v) is 3.72. The lowest BCUT2D eigenvalue weighted by molar-refractivity contribution is 0.0953. The van der Waals surface area contributed by atoms with Gasteiger partial charge in [0.2, 0.25) is 0 Å².